The zero-order valence-corrected chi connectivity index (χ0v) is 13.1. The molecule has 2 saturated carbocycles. The molecule has 5 nitrogen and oxygen atoms in total. The van der Waals surface area contributed by atoms with Gasteiger partial charge in [-0.3, -0.25) is 9.69 Å². The van der Waals surface area contributed by atoms with E-state index in [0.717, 1.165) is 45.1 Å². The van der Waals surface area contributed by atoms with E-state index in [1.165, 1.54) is 0 Å². The lowest BCUT2D eigenvalue weighted by atomic mass is 9.86. The Bertz CT molecular complexity index is 416. The van der Waals surface area contributed by atoms with Crippen LogP contribution in [0.25, 0.3) is 0 Å². The van der Waals surface area contributed by atoms with Gasteiger partial charge in [0.25, 0.3) is 0 Å². The molecule has 0 saturated heterocycles. The smallest absolute Gasteiger partial charge is 0.235 e. The van der Waals surface area contributed by atoms with E-state index < -0.39 is 5.54 Å². The lowest BCUT2D eigenvalue weighted by molar-refractivity contribution is -0.123. The first-order valence-electron chi connectivity index (χ1n) is 8.03. The molecule has 0 aromatic rings. The molecule has 3 unspecified atom stereocenters. The lowest BCUT2D eigenvalue weighted by Crippen LogP contribution is -2.50. The van der Waals surface area contributed by atoms with Crippen LogP contribution in [0.15, 0.2) is 0 Å². The Hall–Kier alpha value is -1.12. The van der Waals surface area contributed by atoms with E-state index in [-0.39, 0.29) is 24.5 Å². The fraction of sp³-hybridized carbons (Fsp3) is 0.875. The summed E-state index contributed by atoms with van der Waals surface area (Å²) in [5.74, 6) is 0.470. The van der Waals surface area contributed by atoms with Gasteiger partial charge in [0.1, 0.15) is 5.54 Å². The molecule has 0 aromatic carbocycles. The molecule has 2 N–H and O–H groups in total. The van der Waals surface area contributed by atoms with Gasteiger partial charge in [0.2, 0.25) is 5.91 Å². The molecule has 0 radical (unpaired) electrons. The summed E-state index contributed by atoms with van der Waals surface area (Å²) < 4.78 is 0. The number of hydrogen-bond acceptors (Lipinski definition) is 4. The van der Waals surface area contributed by atoms with E-state index in [4.69, 9.17) is 0 Å². The van der Waals surface area contributed by atoms with Crippen molar-refractivity contribution in [3.63, 3.8) is 0 Å². The topological polar surface area (TPSA) is 76.4 Å². The first kappa shape index (κ1) is 16.3. The maximum atomic E-state index is 12.1. The van der Waals surface area contributed by atoms with Crippen molar-refractivity contribution in [1.29, 1.82) is 5.26 Å². The highest BCUT2D eigenvalue weighted by atomic mass is 16.3. The zero-order chi connectivity index (χ0) is 15.5. The summed E-state index contributed by atoms with van der Waals surface area (Å²) in [5, 5.41) is 22.1. The minimum Gasteiger partial charge on any atom is -0.393 e. The van der Waals surface area contributed by atoms with Gasteiger partial charge in [-0.2, -0.15) is 5.26 Å². The van der Waals surface area contributed by atoms with Crippen molar-refractivity contribution in [3.8, 4) is 6.07 Å². The van der Waals surface area contributed by atoms with Crippen LogP contribution in [-0.2, 0) is 4.79 Å². The first-order valence-corrected chi connectivity index (χ1v) is 8.03. The van der Waals surface area contributed by atoms with Crippen LogP contribution in [0.4, 0.5) is 0 Å². The van der Waals surface area contributed by atoms with Crippen molar-refractivity contribution in [2.45, 2.75) is 57.1 Å². The van der Waals surface area contributed by atoms with Crippen LogP contribution in [0.3, 0.4) is 0 Å². The molecule has 21 heavy (non-hydrogen) atoms. The first-order chi connectivity index (χ1) is 9.94. The molecule has 2 rings (SSSR count). The Morgan fingerprint density at radius 2 is 2.05 bits per heavy atom. The maximum Gasteiger partial charge on any atom is 0.235 e. The van der Waals surface area contributed by atoms with Gasteiger partial charge >= 0.3 is 0 Å². The Balaban J connectivity index is 1.78. The number of hydrogen-bond donors (Lipinski definition) is 2. The molecule has 0 heterocycles. The third kappa shape index (κ3) is 4.42. The van der Waals surface area contributed by atoms with Crippen molar-refractivity contribution in [3.05, 3.63) is 0 Å². The van der Waals surface area contributed by atoms with E-state index >= 15 is 0 Å². The second-order valence-corrected chi connectivity index (χ2v) is 6.95. The molecule has 2 aliphatic rings. The highest BCUT2D eigenvalue weighted by molar-refractivity contribution is 5.79. The molecule has 5 heteroatoms. The number of rotatable bonds is 6. The van der Waals surface area contributed by atoms with Gasteiger partial charge in [0, 0.05) is 6.54 Å². The molecule has 118 valence electrons. The predicted molar refractivity (Wildman–Crippen MR) is 80.3 cm³/mol. The molecule has 0 aromatic heterocycles. The predicted octanol–water partition coefficient (Wildman–Crippen LogP) is 1.28. The number of aliphatic hydroxyl groups is 1. The van der Waals surface area contributed by atoms with Gasteiger partial charge in [-0.1, -0.05) is 12.8 Å². The number of carbonyl (C=O) groups is 1. The van der Waals surface area contributed by atoms with Gasteiger partial charge in [0.15, 0.2) is 0 Å². The molecule has 0 aliphatic heterocycles. The minimum absolute atomic E-state index is 0.0984. The van der Waals surface area contributed by atoms with Crippen molar-refractivity contribution in [2.75, 3.05) is 20.1 Å². The van der Waals surface area contributed by atoms with Crippen LogP contribution in [0, 0.1) is 23.2 Å². The molecule has 2 aliphatic carbocycles. The second-order valence-electron chi connectivity index (χ2n) is 6.95. The molecule has 0 spiro atoms. The number of nitriles is 1. The third-order valence-electron chi connectivity index (χ3n) is 4.85. The van der Waals surface area contributed by atoms with Crippen molar-refractivity contribution < 1.29 is 9.90 Å². The van der Waals surface area contributed by atoms with Crippen LogP contribution < -0.4 is 5.32 Å². The summed E-state index contributed by atoms with van der Waals surface area (Å²) in [7, 11) is 1.90. The molecule has 2 fully saturated rings. The monoisotopic (exact) mass is 293 g/mol. The highest BCUT2D eigenvalue weighted by Gasteiger charge is 2.43. The summed E-state index contributed by atoms with van der Waals surface area (Å²) in [5.41, 5.74) is -0.720. The summed E-state index contributed by atoms with van der Waals surface area (Å²) >= 11 is 0. The van der Waals surface area contributed by atoms with E-state index in [2.05, 4.69) is 11.4 Å². The minimum atomic E-state index is -0.720. The number of amides is 1. The molecule has 1 amide bonds. The second kappa shape index (κ2) is 6.76. The number of carbonyl (C=O) groups excluding carboxylic acids is 1. The molecule has 0 bridgehead atoms. The third-order valence-corrected chi connectivity index (χ3v) is 4.85. The Kier molecular flexibility index (Phi) is 5.23. The highest BCUT2D eigenvalue weighted by Crippen LogP contribution is 2.39. The maximum absolute atomic E-state index is 12.1. The van der Waals surface area contributed by atoms with E-state index in [0.29, 0.717) is 5.92 Å². The summed E-state index contributed by atoms with van der Waals surface area (Å²) in [6.45, 7) is 2.84. The van der Waals surface area contributed by atoms with Gasteiger partial charge in [-0.25, -0.2) is 0 Å². The fourth-order valence-electron chi connectivity index (χ4n) is 3.32. The van der Waals surface area contributed by atoms with Gasteiger partial charge in [-0.15, -0.1) is 0 Å². The van der Waals surface area contributed by atoms with Crippen LogP contribution in [0.5, 0.6) is 0 Å². The summed E-state index contributed by atoms with van der Waals surface area (Å²) in [6, 6.07) is 2.24. The van der Waals surface area contributed by atoms with Crippen LogP contribution in [0.2, 0.25) is 0 Å². The molecular weight excluding hydrogens is 266 g/mol. The van der Waals surface area contributed by atoms with Crippen LogP contribution in [-0.4, -0.2) is 47.7 Å². The van der Waals surface area contributed by atoms with E-state index in [1.807, 2.05) is 18.9 Å². The largest absolute Gasteiger partial charge is 0.393 e. The van der Waals surface area contributed by atoms with Crippen LogP contribution in [0.1, 0.15) is 45.4 Å². The SMILES string of the molecule is CN(CC(=O)NC(C)(C#N)C1CC1)CC1CCCCC1O. The van der Waals surface area contributed by atoms with Crippen molar-refractivity contribution in [2.24, 2.45) is 11.8 Å². The average molecular weight is 293 g/mol. The fourth-order valence-corrected chi connectivity index (χ4v) is 3.32. The Morgan fingerprint density at radius 3 is 2.62 bits per heavy atom. The van der Waals surface area contributed by atoms with Gasteiger partial charge in [-0.05, 0) is 51.5 Å². The lowest BCUT2D eigenvalue weighted by Gasteiger charge is -2.31. The number of nitrogens with one attached hydrogen (secondary N) is 1. The van der Waals surface area contributed by atoms with Crippen molar-refractivity contribution >= 4 is 5.91 Å². The summed E-state index contributed by atoms with van der Waals surface area (Å²) in [4.78, 5) is 14.1. The van der Waals surface area contributed by atoms with E-state index in [1.54, 1.807) is 0 Å². The number of likely N-dealkylation sites (N-methyl/N-ethyl adjacent to an activating group) is 1. The molecular formula is C16H27N3O2. The number of aliphatic hydroxyl groups excluding tert-OH is 1. The van der Waals surface area contributed by atoms with E-state index in [9.17, 15) is 15.2 Å². The number of nitrogens with zero attached hydrogens (tertiary/aromatic N) is 2. The molecule has 3 atom stereocenters. The van der Waals surface area contributed by atoms with Crippen LogP contribution >= 0.6 is 0 Å². The van der Waals surface area contributed by atoms with Gasteiger partial charge < -0.3 is 10.4 Å². The Labute approximate surface area is 127 Å². The normalized spacial score (nSPS) is 28.7. The summed E-state index contributed by atoms with van der Waals surface area (Å²) in [6.07, 6.45) is 5.98. The zero-order valence-electron chi connectivity index (χ0n) is 13.1. The average Bonchev–Trinajstić information content (AvgIpc) is 3.25. The standard InChI is InChI=1S/C16H27N3O2/c1-16(11-17,13-7-8-13)18-15(21)10-19(2)9-12-5-3-4-6-14(12)20/h12-14,20H,3-10H2,1-2H3,(H,18,21). The van der Waals surface area contributed by atoms with Crippen molar-refractivity contribution in [1.82, 2.24) is 10.2 Å². The Morgan fingerprint density at radius 1 is 1.38 bits per heavy atom. The quantitative estimate of drug-likeness (QED) is 0.773. The van der Waals surface area contributed by atoms with Gasteiger partial charge in [0.05, 0.1) is 18.7 Å².